The minimum atomic E-state index is -0.518. The number of aryl methyl sites for hydroxylation is 1. The molecule has 0 radical (unpaired) electrons. The van der Waals surface area contributed by atoms with Crippen molar-refractivity contribution >= 4 is 46.7 Å². The smallest absolute Gasteiger partial charge is 0.253 e. The van der Waals surface area contributed by atoms with Crippen molar-refractivity contribution in [3.05, 3.63) is 57.7 Å². The molecule has 0 atom stereocenters. The Bertz CT molecular complexity index is 843. The summed E-state index contributed by atoms with van der Waals surface area (Å²) >= 11 is 11.7. The van der Waals surface area contributed by atoms with E-state index in [0.717, 1.165) is 5.69 Å². The normalized spacial score (nSPS) is 10.1. The Morgan fingerprint density at radius 3 is 2.42 bits per heavy atom. The second kappa shape index (κ2) is 9.17. The molecule has 0 bridgehead atoms. The van der Waals surface area contributed by atoms with Gasteiger partial charge in [0, 0.05) is 10.7 Å². The SMILES string of the molecule is Cc1cccc(NC(=O)CNC(=O)CNC(=O)c2ccc(Cl)cc2Cl)n1. The summed E-state index contributed by atoms with van der Waals surface area (Å²) in [6.07, 6.45) is 0. The van der Waals surface area contributed by atoms with Crippen LogP contribution in [0.1, 0.15) is 16.1 Å². The van der Waals surface area contributed by atoms with Gasteiger partial charge in [0.15, 0.2) is 0 Å². The average Bonchev–Trinajstić information content (AvgIpc) is 2.58. The molecule has 1 aromatic heterocycles. The lowest BCUT2D eigenvalue weighted by Crippen LogP contribution is -2.40. The van der Waals surface area contributed by atoms with E-state index in [1.807, 2.05) is 0 Å². The highest BCUT2D eigenvalue weighted by atomic mass is 35.5. The molecule has 136 valence electrons. The van der Waals surface area contributed by atoms with Crippen LogP contribution in [0.5, 0.6) is 0 Å². The van der Waals surface area contributed by atoms with Crippen LogP contribution >= 0.6 is 23.2 Å². The third-order valence-electron chi connectivity index (χ3n) is 3.19. The molecule has 26 heavy (non-hydrogen) atoms. The standard InChI is InChI=1S/C17H16Cl2N4O3/c1-10-3-2-4-14(22-10)23-16(25)9-20-15(24)8-21-17(26)12-6-5-11(18)7-13(12)19/h2-7H,8-9H2,1H3,(H,20,24)(H,21,26)(H,22,23,25). The summed E-state index contributed by atoms with van der Waals surface area (Å²) in [5, 5.41) is 7.96. The van der Waals surface area contributed by atoms with Crippen LogP contribution in [0, 0.1) is 6.92 Å². The molecule has 0 aliphatic carbocycles. The van der Waals surface area contributed by atoms with Crippen LogP contribution in [0.2, 0.25) is 10.0 Å². The Morgan fingerprint density at radius 2 is 1.73 bits per heavy atom. The lowest BCUT2D eigenvalue weighted by molar-refractivity contribution is -0.123. The van der Waals surface area contributed by atoms with Crippen LogP contribution < -0.4 is 16.0 Å². The zero-order chi connectivity index (χ0) is 19.1. The van der Waals surface area contributed by atoms with Gasteiger partial charge in [0.05, 0.1) is 23.7 Å². The van der Waals surface area contributed by atoms with Gasteiger partial charge in [-0.15, -0.1) is 0 Å². The highest BCUT2D eigenvalue weighted by Gasteiger charge is 2.12. The van der Waals surface area contributed by atoms with Gasteiger partial charge in [0.1, 0.15) is 5.82 Å². The Morgan fingerprint density at radius 1 is 1.00 bits per heavy atom. The molecule has 0 unspecified atom stereocenters. The molecule has 3 amide bonds. The summed E-state index contributed by atoms with van der Waals surface area (Å²) in [6, 6.07) is 9.61. The van der Waals surface area contributed by atoms with E-state index in [4.69, 9.17) is 23.2 Å². The second-order valence-corrected chi connectivity index (χ2v) is 6.14. The summed E-state index contributed by atoms with van der Waals surface area (Å²) in [6.45, 7) is 1.26. The maximum Gasteiger partial charge on any atom is 0.253 e. The number of nitrogens with one attached hydrogen (secondary N) is 3. The molecule has 1 aromatic carbocycles. The monoisotopic (exact) mass is 394 g/mol. The van der Waals surface area contributed by atoms with E-state index in [9.17, 15) is 14.4 Å². The zero-order valence-electron chi connectivity index (χ0n) is 13.8. The molecule has 0 fully saturated rings. The van der Waals surface area contributed by atoms with Crippen molar-refractivity contribution < 1.29 is 14.4 Å². The fourth-order valence-corrected chi connectivity index (χ4v) is 2.46. The number of pyridine rings is 1. The average molecular weight is 395 g/mol. The van der Waals surface area contributed by atoms with Gasteiger partial charge in [0.25, 0.3) is 5.91 Å². The molecule has 2 rings (SSSR count). The van der Waals surface area contributed by atoms with E-state index < -0.39 is 17.7 Å². The molecule has 2 aromatic rings. The Labute approximate surface area is 160 Å². The number of carbonyl (C=O) groups is 3. The number of hydrogen-bond donors (Lipinski definition) is 3. The topological polar surface area (TPSA) is 100 Å². The van der Waals surface area contributed by atoms with E-state index in [1.54, 1.807) is 25.1 Å². The van der Waals surface area contributed by atoms with Gasteiger partial charge in [-0.2, -0.15) is 0 Å². The van der Waals surface area contributed by atoms with E-state index in [2.05, 4.69) is 20.9 Å². The molecular formula is C17H16Cl2N4O3. The number of carbonyl (C=O) groups excluding carboxylic acids is 3. The maximum absolute atomic E-state index is 12.0. The third-order valence-corrected chi connectivity index (χ3v) is 3.73. The van der Waals surface area contributed by atoms with Crippen LogP contribution in [0.15, 0.2) is 36.4 Å². The first-order chi connectivity index (χ1) is 12.3. The second-order valence-electron chi connectivity index (χ2n) is 5.30. The summed E-state index contributed by atoms with van der Waals surface area (Å²) in [5.41, 5.74) is 0.961. The van der Waals surface area contributed by atoms with Crippen molar-refractivity contribution in [3.63, 3.8) is 0 Å². The van der Waals surface area contributed by atoms with Crippen LogP contribution in [0.4, 0.5) is 5.82 Å². The maximum atomic E-state index is 12.0. The summed E-state index contributed by atoms with van der Waals surface area (Å²) < 4.78 is 0. The first-order valence-electron chi connectivity index (χ1n) is 7.58. The van der Waals surface area contributed by atoms with Gasteiger partial charge < -0.3 is 16.0 Å². The van der Waals surface area contributed by atoms with Crippen molar-refractivity contribution in [2.24, 2.45) is 0 Å². The Hall–Kier alpha value is -2.64. The lowest BCUT2D eigenvalue weighted by Gasteiger charge is -2.09. The third kappa shape index (κ3) is 6.02. The van der Waals surface area contributed by atoms with Crippen LogP contribution in [-0.4, -0.2) is 35.8 Å². The highest BCUT2D eigenvalue weighted by molar-refractivity contribution is 6.36. The van der Waals surface area contributed by atoms with Crippen molar-refractivity contribution in [2.45, 2.75) is 6.92 Å². The zero-order valence-corrected chi connectivity index (χ0v) is 15.3. The lowest BCUT2D eigenvalue weighted by atomic mass is 10.2. The van der Waals surface area contributed by atoms with Crippen molar-refractivity contribution in [1.82, 2.24) is 15.6 Å². The van der Waals surface area contributed by atoms with Gasteiger partial charge in [-0.25, -0.2) is 4.98 Å². The summed E-state index contributed by atoms with van der Waals surface area (Å²) in [7, 11) is 0. The van der Waals surface area contributed by atoms with E-state index >= 15 is 0 Å². The Balaban J connectivity index is 1.76. The number of anilines is 1. The quantitative estimate of drug-likeness (QED) is 0.698. The van der Waals surface area contributed by atoms with Crippen LogP contribution in [0.3, 0.4) is 0 Å². The molecule has 0 aliphatic rings. The summed E-state index contributed by atoms with van der Waals surface area (Å²) in [5.74, 6) is -1.07. The van der Waals surface area contributed by atoms with Crippen molar-refractivity contribution in [2.75, 3.05) is 18.4 Å². The van der Waals surface area contributed by atoms with Crippen molar-refractivity contribution in [1.29, 1.82) is 0 Å². The highest BCUT2D eigenvalue weighted by Crippen LogP contribution is 2.20. The summed E-state index contributed by atoms with van der Waals surface area (Å²) in [4.78, 5) is 39.6. The first-order valence-corrected chi connectivity index (χ1v) is 8.34. The van der Waals surface area contributed by atoms with Gasteiger partial charge in [-0.05, 0) is 37.3 Å². The molecule has 0 aliphatic heterocycles. The van der Waals surface area contributed by atoms with E-state index in [-0.39, 0.29) is 23.7 Å². The number of hydrogen-bond acceptors (Lipinski definition) is 4. The number of nitrogens with zero attached hydrogens (tertiary/aromatic N) is 1. The van der Waals surface area contributed by atoms with Gasteiger partial charge >= 0.3 is 0 Å². The Kier molecular flexibility index (Phi) is 6.94. The van der Waals surface area contributed by atoms with Gasteiger partial charge in [0.2, 0.25) is 11.8 Å². The van der Waals surface area contributed by atoms with E-state index in [1.165, 1.54) is 18.2 Å². The molecule has 9 heteroatoms. The minimum Gasteiger partial charge on any atom is -0.345 e. The van der Waals surface area contributed by atoms with Crippen molar-refractivity contribution in [3.8, 4) is 0 Å². The number of aromatic nitrogens is 1. The van der Waals surface area contributed by atoms with Gasteiger partial charge in [-0.3, -0.25) is 14.4 Å². The molecular weight excluding hydrogens is 379 g/mol. The molecule has 1 heterocycles. The molecule has 0 saturated carbocycles. The molecule has 3 N–H and O–H groups in total. The fraction of sp³-hybridized carbons (Fsp3) is 0.176. The first kappa shape index (κ1) is 19.7. The van der Waals surface area contributed by atoms with Crippen LogP contribution in [-0.2, 0) is 9.59 Å². The predicted molar refractivity (Wildman–Crippen MR) is 99.4 cm³/mol. The number of amides is 3. The van der Waals surface area contributed by atoms with Gasteiger partial charge in [-0.1, -0.05) is 29.3 Å². The predicted octanol–water partition coefficient (Wildman–Crippen LogP) is 2.18. The fourth-order valence-electron chi connectivity index (χ4n) is 1.97. The molecule has 0 spiro atoms. The van der Waals surface area contributed by atoms with E-state index in [0.29, 0.717) is 10.8 Å². The number of halogens is 2. The molecule has 0 saturated heterocycles. The molecule has 7 nitrogen and oxygen atoms in total. The largest absolute Gasteiger partial charge is 0.345 e. The minimum absolute atomic E-state index is 0.181. The van der Waals surface area contributed by atoms with Crippen LogP contribution in [0.25, 0.3) is 0 Å². The number of rotatable bonds is 6. The number of benzene rings is 1.